The van der Waals surface area contributed by atoms with E-state index in [4.69, 9.17) is 4.74 Å². The Balaban J connectivity index is 0.851. The maximum absolute atomic E-state index is 14.1. The average Bonchev–Trinajstić information content (AvgIpc) is 1.81. The maximum Gasteiger partial charge on any atom is 0.317 e. The van der Waals surface area contributed by atoms with E-state index in [2.05, 4.69) is 55.7 Å². The summed E-state index contributed by atoms with van der Waals surface area (Å²) >= 11 is 3.52. The summed E-state index contributed by atoms with van der Waals surface area (Å²) in [7, 11) is 0. The Bertz CT molecular complexity index is 3160. The molecule has 7 amide bonds. The van der Waals surface area contributed by atoms with Crippen LogP contribution in [0.5, 0.6) is 5.75 Å². The monoisotopic (exact) mass is 1460 g/mol. The van der Waals surface area contributed by atoms with Gasteiger partial charge in [-0.25, -0.2) is 8.78 Å². The highest BCUT2D eigenvalue weighted by molar-refractivity contribution is 14.1. The minimum absolute atomic E-state index is 0.0423. The van der Waals surface area contributed by atoms with Crippen LogP contribution in [0.2, 0.25) is 0 Å². The second kappa shape index (κ2) is 37.9. The molecule has 0 radical (unpaired) electrons. The number of piperidine rings is 1. The van der Waals surface area contributed by atoms with Crippen LogP contribution in [0, 0.1) is 20.8 Å². The number of ether oxygens (including phenoxy) is 1. The number of likely N-dealkylation sites (tertiary alicyclic amines) is 3. The van der Waals surface area contributed by atoms with Crippen molar-refractivity contribution in [1.29, 1.82) is 5.26 Å². The second-order valence-electron chi connectivity index (χ2n) is 24.7. The lowest BCUT2D eigenvalue weighted by atomic mass is 9.92. The van der Waals surface area contributed by atoms with Crippen LogP contribution in [-0.4, -0.2) is 267 Å². The van der Waals surface area contributed by atoms with E-state index in [1.807, 2.05) is 21.9 Å². The van der Waals surface area contributed by atoms with Crippen molar-refractivity contribution in [2.24, 2.45) is 5.92 Å². The number of carboxylic acids is 3. The number of pyridine rings is 1. The van der Waals surface area contributed by atoms with Crippen LogP contribution in [0.4, 0.5) is 8.78 Å². The van der Waals surface area contributed by atoms with Crippen LogP contribution < -0.4 is 20.7 Å². The number of fused-ring (bicyclic) bond motifs is 1. The molecule has 4 fully saturated rings. The van der Waals surface area contributed by atoms with Gasteiger partial charge in [-0.1, -0.05) is 12.1 Å². The predicted molar refractivity (Wildman–Crippen MR) is 355 cm³/mol. The molecule has 0 aliphatic carbocycles. The van der Waals surface area contributed by atoms with E-state index in [0.717, 1.165) is 46.1 Å². The van der Waals surface area contributed by atoms with Crippen LogP contribution in [0.25, 0.3) is 10.9 Å². The first-order valence-corrected chi connectivity index (χ1v) is 34.6. The fourth-order valence-corrected chi connectivity index (χ4v) is 13.8. The van der Waals surface area contributed by atoms with Gasteiger partial charge in [0.15, 0.2) is 0 Å². The first-order valence-electron chi connectivity index (χ1n) is 32.5. The van der Waals surface area contributed by atoms with Gasteiger partial charge in [0.1, 0.15) is 11.8 Å². The van der Waals surface area contributed by atoms with Gasteiger partial charge < -0.3 is 45.8 Å². The molecular formula is C65H87F2IN12O14S. The van der Waals surface area contributed by atoms with Crippen molar-refractivity contribution in [1.82, 2.24) is 55.2 Å². The van der Waals surface area contributed by atoms with E-state index < -0.39 is 72.5 Å². The molecule has 2 unspecified atom stereocenters. The topological polar surface area (TPSA) is 336 Å². The Morgan fingerprint density at radius 3 is 2.00 bits per heavy atom. The number of unbranched alkanes of at least 4 members (excludes halogenated alkanes) is 1. The molecule has 7 rings (SSSR count). The number of nitrogens with one attached hydrogen (secondary N) is 3. The number of amides is 7. The number of rotatable bonds is 33. The number of imide groups is 1. The summed E-state index contributed by atoms with van der Waals surface area (Å²) in [4.78, 5) is 144. The van der Waals surface area contributed by atoms with Crippen LogP contribution in [-0.2, 0) is 49.6 Å². The van der Waals surface area contributed by atoms with Crippen LogP contribution in [0.15, 0.2) is 54.7 Å². The van der Waals surface area contributed by atoms with Crippen molar-refractivity contribution in [2.45, 2.75) is 113 Å². The third-order valence-electron chi connectivity index (χ3n) is 17.4. The van der Waals surface area contributed by atoms with Gasteiger partial charge in [-0.05, 0) is 135 Å². The molecule has 6 N–H and O–H groups in total. The Kier molecular flexibility index (Phi) is 30.0. The van der Waals surface area contributed by atoms with Gasteiger partial charge in [-0.2, -0.15) is 5.26 Å². The highest BCUT2D eigenvalue weighted by Crippen LogP contribution is 2.32. The van der Waals surface area contributed by atoms with Crippen molar-refractivity contribution in [3.8, 4) is 11.8 Å². The van der Waals surface area contributed by atoms with Gasteiger partial charge in [0.05, 0.1) is 68.3 Å². The highest BCUT2D eigenvalue weighted by atomic mass is 127. The lowest BCUT2D eigenvalue weighted by Gasteiger charge is -2.33. The summed E-state index contributed by atoms with van der Waals surface area (Å²) in [6.07, 6.45) is 7.77. The number of aryl methyl sites for hydroxylation is 1. The fourth-order valence-electron chi connectivity index (χ4n) is 12.2. The third-order valence-corrected chi connectivity index (χ3v) is 19.5. The molecule has 0 saturated carbocycles. The van der Waals surface area contributed by atoms with E-state index in [0.29, 0.717) is 80.9 Å². The largest absolute Gasteiger partial charge is 0.494 e. The zero-order valence-electron chi connectivity index (χ0n) is 53.4. The van der Waals surface area contributed by atoms with E-state index in [-0.39, 0.29) is 145 Å². The predicted octanol–water partition coefficient (Wildman–Crippen LogP) is 3.64. The number of benzene rings is 2. The van der Waals surface area contributed by atoms with Crippen LogP contribution in [0.1, 0.15) is 99.4 Å². The maximum atomic E-state index is 14.1. The molecule has 0 spiro atoms. The summed E-state index contributed by atoms with van der Waals surface area (Å²) in [5.74, 6) is -7.86. The Labute approximate surface area is 569 Å². The number of hydrogen-bond donors (Lipinski definition) is 6. The molecule has 518 valence electrons. The van der Waals surface area contributed by atoms with Crippen molar-refractivity contribution in [3.05, 3.63) is 69.4 Å². The molecule has 95 heavy (non-hydrogen) atoms. The van der Waals surface area contributed by atoms with Gasteiger partial charge in [0, 0.05) is 131 Å². The van der Waals surface area contributed by atoms with Gasteiger partial charge in [0.2, 0.25) is 35.4 Å². The molecule has 2 aromatic carbocycles. The second-order valence-corrected chi connectivity index (χ2v) is 27.1. The number of carbonyl (C=O) groups is 10. The van der Waals surface area contributed by atoms with Crippen LogP contribution in [0.3, 0.4) is 0 Å². The van der Waals surface area contributed by atoms with Gasteiger partial charge >= 0.3 is 17.9 Å². The highest BCUT2D eigenvalue weighted by Gasteiger charge is 2.47. The van der Waals surface area contributed by atoms with E-state index in [1.54, 1.807) is 39.0 Å². The molecule has 26 nitrogen and oxygen atoms in total. The number of halogens is 3. The lowest BCUT2D eigenvalue weighted by molar-refractivity contribution is -0.140. The number of aliphatic carboxylic acids is 3. The Morgan fingerprint density at radius 2 is 1.38 bits per heavy atom. The third kappa shape index (κ3) is 25.4. The first kappa shape index (κ1) is 75.2. The normalized spacial score (nSPS) is 19.2. The Morgan fingerprint density at radius 1 is 0.747 bits per heavy atom. The molecule has 3 aromatic rings. The van der Waals surface area contributed by atoms with Crippen molar-refractivity contribution in [3.63, 3.8) is 0 Å². The van der Waals surface area contributed by atoms with E-state index >= 15 is 0 Å². The molecular weight excluding hydrogens is 1370 g/mol. The summed E-state index contributed by atoms with van der Waals surface area (Å²) < 4.78 is 35.1. The smallest absolute Gasteiger partial charge is 0.317 e. The van der Waals surface area contributed by atoms with Gasteiger partial charge in [-0.3, -0.25) is 77.4 Å². The number of nitrogens with zero attached hydrogens (tertiary/aromatic N) is 9. The summed E-state index contributed by atoms with van der Waals surface area (Å²) in [5, 5.41) is 46.6. The number of carbonyl (C=O) groups excluding carboxylic acids is 7. The average molecular weight is 1460 g/mol. The molecule has 30 heteroatoms. The number of nitriles is 1. The van der Waals surface area contributed by atoms with E-state index in [1.165, 1.54) is 28.9 Å². The molecule has 5 heterocycles. The molecule has 4 aliphatic rings. The lowest BCUT2D eigenvalue weighted by Crippen LogP contribution is -2.50. The first-order chi connectivity index (χ1) is 45.5. The summed E-state index contributed by atoms with van der Waals surface area (Å²) in [6.45, 7) is 1.32. The number of hydrogen-bond acceptors (Lipinski definition) is 18. The quantitative estimate of drug-likeness (QED) is 0.0288. The molecule has 1 aromatic heterocycles. The minimum Gasteiger partial charge on any atom is -0.494 e. The molecule has 0 bridgehead atoms. The minimum atomic E-state index is -3.18. The molecule has 3 atom stereocenters. The zero-order chi connectivity index (χ0) is 68.4. The fraction of sp³-hybridized carbons (Fsp3) is 0.600. The van der Waals surface area contributed by atoms with E-state index in [9.17, 15) is 77.3 Å². The summed E-state index contributed by atoms with van der Waals surface area (Å²) in [6, 6.07) is 14.7. The molecule has 4 saturated heterocycles. The van der Waals surface area contributed by atoms with Crippen molar-refractivity contribution in [2.75, 3.05) is 130 Å². The van der Waals surface area contributed by atoms with Crippen molar-refractivity contribution < 1.29 is 76.8 Å². The zero-order valence-corrected chi connectivity index (χ0v) is 56.4. The SMILES string of the molecule is N#C[C@H]1CC(F)(F)CN1C(=O)CNC(=O)c1ccnc2ccc(OCCCC3CCN(C(=O)CCCN4C(=O)CC(SCC(CCCCNC(=O)CCCc5ccc(I)cc5)NC(=O)CN5CCN(CC(=O)O)CCN(CC(=O)O)CCN(CC(=O)O)CC5)C4=O)CC3)cc12. The number of aromatic nitrogens is 1. The van der Waals surface area contributed by atoms with Crippen LogP contribution >= 0.6 is 34.4 Å². The standard InChI is InChI=1S/C65H87F2IN12O14S/c66-65(67)36-49(37-69)80(44-65)59(85)38-72-63(92)51-17-21-70-53-16-15-50(34-52(51)53)94-33-5-7-46-18-23-78(24-19-46)57(83)10-4-22-79-58(84)35-54(64(79)93)95-43-48(8-1-2-20-71-55(81)9-3-6-45-11-13-47(68)14-12-45)73-56(82)39-74-25-27-75(40-60(86)87)29-31-77(42-62(90)91)32-30-76(28-26-74)41-61(88)89/h11-17,21,34,46,48-49,54H,1-10,18-20,22-33,35-36,38-44H2,(H,71,81)(H,72,92)(H,73,82)(H,86,87)(H,88,89)(H,90,91)/t48?,49-,54?/m1/s1. The molecule has 4 aliphatic heterocycles. The van der Waals surface area contributed by atoms with Crippen molar-refractivity contribution >= 4 is 105 Å². The summed E-state index contributed by atoms with van der Waals surface area (Å²) in [5.41, 5.74) is 1.86. The number of thioether (sulfide) groups is 1. The number of alkyl halides is 2. The number of carboxylic acid groups (broad SMARTS) is 3. The van der Waals surface area contributed by atoms with Gasteiger partial charge in [0.25, 0.3) is 11.8 Å². The van der Waals surface area contributed by atoms with Gasteiger partial charge in [-0.15, -0.1) is 11.8 Å². The Hall–Kier alpha value is -7.18.